The highest BCUT2D eigenvalue weighted by atomic mass is 79.9. The van der Waals surface area contributed by atoms with Crippen LogP contribution < -0.4 is 5.32 Å². The first-order valence-electron chi connectivity index (χ1n) is 6.89. The van der Waals surface area contributed by atoms with Gasteiger partial charge in [-0.05, 0) is 73.0 Å². The van der Waals surface area contributed by atoms with E-state index in [1.54, 1.807) is 50.2 Å². The third-order valence-electron chi connectivity index (χ3n) is 3.29. The van der Waals surface area contributed by atoms with Crippen molar-refractivity contribution in [1.82, 2.24) is 0 Å². The van der Waals surface area contributed by atoms with Gasteiger partial charge in [-0.2, -0.15) is 5.26 Å². The standard InChI is InChI=1S/C18H15BrN2O2/c1-11-7-13(8-12(2)17(11)22)9-14(10-20)18(23)21-16-5-3-15(19)4-6-16/h3-9,22H,1-2H3,(H,21,23)/b14-9-. The number of carbonyl (C=O) groups is 1. The number of hydrogen-bond donors (Lipinski definition) is 2. The van der Waals surface area contributed by atoms with E-state index in [-0.39, 0.29) is 11.3 Å². The average Bonchev–Trinajstić information content (AvgIpc) is 2.52. The molecule has 0 saturated heterocycles. The van der Waals surface area contributed by atoms with Gasteiger partial charge >= 0.3 is 0 Å². The summed E-state index contributed by atoms with van der Waals surface area (Å²) in [6.07, 6.45) is 1.51. The number of benzene rings is 2. The van der Waals surface area contributed by atoms with Crippen LogP contribution in [0.1, 0.15) is 16.7 Å². The van der Waals surface area contributed by atoms with E-state index in [4.69, 9.17) is 0 Å². The fraction of sp³-hybridized carbons (Fsp3) is 0.111. The van der Waals surface area contributed by atoms with E-state index in [9.17, 15) is 15.2 Å². The van der Waals surface area contributed by atoms with Gasteiger partial charge in [0.2, 0.25) is 0 Å². The van der Waals surface area contributed by atoms with E-state index in [1.165, 1.54) is 6.08 Å². The van der Waals surface area contributed by atoms with E-state index in [0.29, 0.717) is 22.4 Å². The molecule has 0 aliphatic heterocycles. The Morgan fingerprint density at radius 3 is 2.30 bits per heavy atom. The van der Waals surface area contributed by atoms with Gasteiger partial charge in [0.25, 0.3) is 5.91 Å². The van der Waals surface area contributed by atoms with Crippen molar-refractivity contribution in [2.45, 2.75) is 13.8 Å². The highest BCUT2D eigenvalue weighted by molar-refractivity contribution is 9.10. The first-order chi connectivity index (χ1) is 10.9. The zero-order valence-corrected chi connectivity index (χ0v) is 14.3. The molecular formula is C18H15BrN2O2. The highest BCUT2D eigenvalue weighted by Gasteiger charge is 2.10. The highest BCUT2D eigenvalue weighted by Crippen LogP contribution is 2.24. The van der Waals surface area contributed by atoms with Crippen LogP contribution in [0.4, 0.5) is 5.69 Å². The number of halogens is 1. The number of amides is 1. The van der Waals surface area contributed by atoms with Gasteiger partial charge in [-0.1, -0.05) is 15.9 Å². The van der Waals surface area contributed by atoms with Crippen molar-refractivity contribution in [3.05, 3.63) is 63.1 Å². The van der Waals surface area contributed by atoms with Gasteiger partial charge in [-0.15, -0.1) is 0 Å². The number of rotatable bonds is 3. The van der Waals surface area contributed by atoms with Crippen LogP contribution >= 0.6 is 15.9 Å². The summed E-state index contributed by atoms with van der Waals surface area (Å²) in [5.74, 6) is -0.252. The monoisotopic (exact) mass is 370 g/mol. The first-order valence-corrected chi connectivity index (χ1v) is 7.69. The molecular weight excluding hydrogens is 356 g/mol. The predicted molar refractivity (Wildman–Crippen MR) is 93.9 cm³/mol. The molecule has 2 aromatic carbocycles. The molecule has 0 aliphatic rings. The van der Waals surface area contributed by atoms with Gasteiger partial charge < -0.3 is 10.4 Å². The Morgan fingerprint density at radius 1 is 1.22 bits per heavy atom. The molecule has 0 radical (unpaired) electrons. The van der Waals surface area contributed by atoms with E-state index >= 15 is 0 Å². The van der Waals surface area contributed by atoms with Crippen LogP contribution in [0.2, 0.25) is 0 Å². The molecule has 5 heteroatoms. The Hall–Kier alpha value is -2.58. The third kappa shape index (κ3) is 4.21. The summed E-state index contributed by atoms with van der Waals surface area (Å²) in [5.41, 5.74) is 2.69. The fourth-order valence-electron chi connectivity index (χ4n) is 2.12. The van der Waals surface area contributed by atoms with E-state index in [1.807, 2.05) is 6.07 Å². The summed E-state index contributed by atoms with van der Waals surface area (Å²) in [5, 5.41) is 21.7. The van der Waals surface area contributed by atoms with Crippen LogP contribution in [0.3, 0.4) is 0 Å². The van der Waals surface area contributed by atoms with Gasteiger partial charge in [-0.25, -0.2) is 0 Å². The second-order valence-electron chi connectivity index (χ2n) is 5.13. The SMILES string of the molecule is Cc1cc(/C=C(/C#N)C(=O)Nc2ccc(Br)cc2)cc(C)c1O. The van der Waals surface area contributed by atoms with E-state index in [0.717, 1.165) is 4.47 Å². The maximum absolute atomic E-state index is 12.2. The summed E-state index contributed by atoms with van der Waals surface area (Å²) >= 11 is 3.32. The maximum Gasteiger partial charge on any atom is 0.266 e. The number of nitrogens with one attached hydrogen (secondary N) is 1. The normalized spacial score (nSPS) is 11.0. The molecule has 0 aliphatic carbocycles. The largest absolute Gasteiger partial charge is 0.507 e. The molecule has 2 aromatic rings. The molecule has 23 heavy (non-hydrogen) atoms. The van der Waals surface area contributed by atoms with Gasteiger partial charge in [0.15, 0.2) is 0 Å². The van der Waals surface area contributed by atoms with Crippen LogP contribution in [0, 0.1) is 25.2 Å². The topological polar surface area (TPSA) is 73.1 Å². The Labute approximate surface area is 143 Å². The molecule has 0 fully saturated rings. The smallest absolute Gasteiger partial charge is 0.266 e. The lowest BCUT2D eigenvalue weighted by Crippen LogP contribution is -2.13. The van der Waals surface area contributed by atoms with Crippen molar-refractivity contribution in [2.24, 2.45) is 0 Å². The molecule has 2 rings (SSSR count). The molecule has 0 aromatic heterocycles. The Kier molecular flexibility index (Phi) is 5.20. The van der Waals surface area contributed by atoms with Gasteiger partial charge in [0.1, 0.15) is 17.4 Å². The lowest BCUT2D eigenvalue weighted by molar-refractivity contribution is -0.112. The summed E-state index contributed by atoms with van der Waals surface area (Å²) in [4.78, 5) is 12.2. The van der Waals surface area contributed by atoms with Crippen LogP contribution in [0.5, 0.6) is 5.75 Å². The maximum atomic E-state index is 12.2. The lowest BCUT2D eigenvalue weighted by atomic mass is 10.0. The average molecular weight is 371 g/mol. The number of aryl methyl sites for hydroxylation is 2. The van der Waals surface area contributed by atoms with Crippen molar-refractivity contribution in [1.29, 1.82) is 5.26 Å². The summed E-state index contributed by atoms with van der Waals surface area (Å²) in [7, 11) is 0. The summed E-state index contributed by atoms with van der Waals surface area (Å²) in [6.45, 7) is 3.54. The third-order valence-corrected chi connectivity index (χ3v) is 3.82. The minimum atomic E-state index is -0.474. The number of aromatic hydroxyl groups is 1. The quantitative estimate of drug-likeness (QED) is 0.624. The lowest BCUT2D eigenvalue weighted by Gasteiger charge is -2.07. The Balaban J connectivity index is 2.26. The van der Waals surface area contributed by atoms with Crippen LogP contribution in [0.25, 0.3) is 6.08 Å². The molecule has 0 saturated carbocycles. The zero-order valence-electron chi connectivity index (χ0n) is 12.7. The predicted octanol–water partition coefficient (Wildman–Crippen LogP) is 4.32. The van der Waals surface area contributed by atoms with Crippen molar-refractivity contribution < 1.29 is 9.90 Å². The van der Waals surface area contributed by atoms with Crippen molar-refractivity contribution in [2.75, 3.05) is 5.32 Å². The molecule has 4 nitrogen and oxygen atoms in total. The minimum absolute atomic E-state index is 0.00240. The van der Waals surface area contributed by atoms with Crippen molar-refractivity contribution in [3.8, 4) is 11.8 Å². The van der Waals surface area contributed by atoms with Crippen molar-refractivity contribution >= 4 is 33.6 Å². The van der Waals surface area contributed by atoms with E-state index < -0.39 is 5.91 Å². The molecule has 0 bridgehead atoms. The number of nitriles is 1. The summed E-state index contributed by atoms with van der Waals surface area (Å²) in [6, 6.07) is 12.5. The molecule has 1 amide bonds. The second-order valence-corrected chi connectivity index (χ2v) is 6.05. The Morgan fingerprint density at radius 2 is 1.78 bits per heavy atom. The van der Waals surface area contributed by atoms with Crippen LogP contribution in [-0.4, -0.2) is 11.0 Å². The van der Waals surface area contributed by atoms with Gasteiger partial charge in [0.05, 0.1) is 0 Å². The molecule has 0 atom stereocenters. The van der Waals surface area contributed by atoms with E-state index in [2.05, 4.69) is 21.2 Å². The number of anilines is 1. The first kappa shape index (κ1) is 16.8. The van der Waals surface area contributed by atoms with Crippen LogP contribution in [0.15, 0.2) is 46.4 Å². The number of phenols is 1. The molecule has 2 N–H and O–H groups in total. The number of nitrogens with zero attached hydrogens (tertiary/aromatic N) is 1. The fourth-order valence-corrected chi connectivity index (χ4v) is 2.38. The Bertz CT molecular complexity index is 795. The second kappa shape index (κ2) is 7.12. The molecule has 0 heterocycles. The number of hydrogen-bond acceptors (Lipinski definition) is 3. The van der Waals surface area contributed by atoms with Crippen molar-refractivity contribution in [3.63, 3.8) is 0 Å². The number of carbonyl (C=O) groups excluding carboxylic acids is 1. The van der Waals surface area contributed by atoms with Gasteiger partial charge in [-0.3, -0.25) is 4.79 Å². The van der Waals surface area contributed by atoms with Gasteiger partial charge in [0, 0.05) is 10.2 Å². The molecule has 116 valence electrons. The minimum Gasteiger partial charge on any atom is -0.507 e. The number of phenolic OH excluding ortho intramolecular Hbond substituents is 1. The summed E-state index contributed by atoms with van der Waals surface area (Å²) < 4.78 is 0.904. The zero-order chi connectivity index (χ0) is 17.0. The van der Waals surface area contributed by atoms with Crippen LogP contribution in [-0.2, 0) is 4.79 Å². The molecule has 0 spiro atoms. The molecule has 0 unspecified atom stereocenters.